The largest absolute Gasteiger partial charge is 0.497 e. The SMILES string of the molecule is COc1ccc2c(c1)[C@]1(C)CCN(CC3CC3)[C@@H]1N2C. The molecule has 20 heavy (non-hydrogen) atoms. The lowest BCUT2D eigenvalue weighted by atomic mass is 9.81. The Bertz CT molecular complexity index is 540. The van der Waals surface area contributed by atoms with Crippen LogP contribution in [0.1, 0.15) is 31.7 Å². The van der Waals surface area contributed by atoms with Crippen LogP contribution in [-0.4, -0.2) is 38.3 Å². The normalized spacial score (nSPS) is 32.4. The Labute approximate surface area is 121 Å². The highest BCUT2D eigenvalue weighted by Crippen LogP contribution is 2.52. The summed E-state index contributed by atoms with van der Waals surface area (Å²) in [5, 5.41) is 0. The molecule has 0 N–H and O–H groups in total. The number of rotatable bonds is 3. The minimum atomic E-state index is 0.257. The van der Waals surface area contributed by atoms with E-state index in [4.69, 9.17) is 4.74 Å². The molecule has 0 spiro atoms. The lowest BCUT2D eigenvalue weighted by Crippen LogP contribution is -2.47. The number of hydrogen-bond donors (Lipinski definition) is 0. The highest BCUT2D eigenvalue weighted by atomic mass is 16.5. The molecule has 3 nitrogen and oxygen atoms in total. The van der Waals surface area contributed by atoms with E-state index in [0.29, 0.717) is 6.17 Å². The number of methoxy groups -OCH3 is 1. The van der Waals surface area contributed by atoms with Gasteiger partial charge in [0.05, 0.1) is 13.3 Å². The topological polar surface area (TPSA) is 15.7 Å². The number of likely N-dealkylation sites (N-methyl/N-ethyl adjacent to an activating group) is 1. The van der Waals surface area contributed by atoms with Crippen LogP contribution in [0.2, 0.25) is 0 Å². The molecule has 4 rings (SSSR count). The van der Waals surface area contributed by atoms with Crippen molar-refractivity contribution in [1.82, 2.24) is 4.90 Å². The minimum Gasteiger partial charge on any atom is -0.497 e. The van der Waals surface area contributed by atoms with Gasteiger partial charge in [0.25, 0.3) is 0 Å². The number of anilines is 1. The fraction of sp³-hybridized carbons (Fsp3) is 0.647. The van der Waals surface area contributed by atoms with Crippen LogP contribution in [0, 0.1) is 5.92 Å². The molecule has 1 aromatic rings. The predicted molar refractivity (Wildman–Crippen MR) is 81.5 cm³/mol. The fourth-order valence-corrected chi connectivity index (χ4v) is 4.34. The second-order valence-corrected chi connectivity index (χ2v) is 6.97. The molecule has 108 valence electrons. The maximum Gasteiger partial charge on any atom is 0.119 e. The summed E-state index contributed by atoms with van der Waals surface area (Å²) in [6, 6.07) is 6.57. The molecule has 2 atom stereocenters. The van der Waals surface area contributed by atoms with E-state index in [2.05, 4.69) is 42.0 Å². The van der Waals surface area contributed by atoms with Gasteiger partial charge in [0.15, 0.2) is 0 Å². The Balaban J connectivity index is 1.72. The lowest BCUT2D eigenvalue weighted by Gasteiger charge is -2.34. The van der Waals surface area contributed by atoms with Crippen LogP contribution in [0.15, 0.2) is 18.2 Å². The van der Waals surface area contributed by atoms with E-state index in [9.17, 15) is 0 Å². The number of ether oxygens (including phenoxy) is 1. The summed E-state index contributed by atoms with van der Waals surface area (Å²) in [6.07, 6.45) is 4.66. The molecular weight excluding hydrogens is 248 g/mol. The highest BCUT2D eigenvalue weighted by molar-refractivity contribution is 5.66. The van der Waals surface area contributed by atoms with E-state index in [0.717, 1.165) is 11.7 Å². The zero-order valence-corrected chi connectivity index (χ0v) is 12.7. The fourth-order valence-electron chi connectivity index (χ4n) is 4.34. The Hall–Kier alpha value is -1.22. The molecule has 2 fully saturated rings. The van der Waals surface area contributed by atoms with Crippen LogP contribution >= 0.6 is 0 Å². The quantitative estimate of drug-likeness (QED) is 0.841. The van der Waals surface area contributed by atoms with E-state index in [1.807, 2.05) is 0 Å². The van der Waals surface area contributed by atoms with Crippen LogP contribution in [0.25, 0.3) is 0 Å². The summed E-state index contributed by atoms with van der Waals surface area (Å²) in [5.41, 5.74) is 3.12. The summed E-state index contributed by atoms with van der Waals surface area (Å²) >= 11 is 0. The maximum atomic E-state index is 5.44. The second kappa shape index (κ2) is 4.14. The average Bonchev–Trinajstić information content (AvgIpc) is 3.17. The minimum absolute atomic E-state index is 0.257. The van der Waals surface area contributed by atoms with Gasteiger partial charge in [0, 0.05) is 31.2 Å². The van der Waals surface area contributed by atoms with Crippen LogP contribution in [0.4, 0.5) is 5.69 Å². The molecule has 2 aliphatic heterocycles. The second-order valence-electron chi connectivity index (χ2n) is 6.97. The van der Waals surface area contributed by atoms with Crippen molar-refractivity contribution in [2.75, 3.05) is 32.1 Å². The first-order chi connectivity index (χ1) is 9.63. The third kappa shape index (κ3) is 1.62. The number of fused-ring (bicyclic) bond motifs is 3. The van der Waals surface area contributed by atoms with Crippen LogP contribution < -0.4 is 9.64 Å². The van der Waals surface area contributed by atoms with Crippen molar-refractivity contribution >= 4 is 5.69 Å². The van der Waals surface area contributed by atoms with Crippen LogP contribution in [0.3, 0.4) is 0 Å². The van der Waals surface area contributed by atoms with Gasteiger partial charge >= 0.3 is 0 Å². The van der Waals surface area contributed by atoms with Gasteiger partial charge in [-0.25, -0.2) is 0 Å². The standard InChI is InChI=1S/C17H24N2O/c1-17-8-9-19(11-12-4-5-12)16(17)18(2)15-7-6-13(20-3)10-14(15)17/h6-7,10,12,16H,4-5,8-9,11H2,1-3H3/t16-,17-/m0/s1. The Morgan fingerprint density at radius 3 is 2.85 bits per heavy atom. The molecule has 2 heterocycles. The van der Waals surface area contributed by atoms with E-state index in [-0.39, 0.29) is 5.41 Å². The molecule has 0 bridgehead atoms. The Morgan fingerprint density at radius 1 is 1.35 bits per heavy atom. The average molecular weight is 272 g/mol. The molecule has 1 aromatic carbocycles. The molecule has 0 amide bonds. The van der Waals surface area contributed by atoms with Crippen molar-refractivity contribution in [3.05, 3.63) is 23.8 Å². The first kappa shape index (κ1) is 12.5. The van der Waals surface area contributed by atoms with Crippen molar-refractivity contribution in [1.29, 1.82) is 0 Å². The molecule has 1 aliphatic carbocycles. The van der Waals surface area contributed by atoms with Crippen LogP contribution in [0.5, 0.6) is 5.75 Å². The molecule has 0 radical (unpaired) electrons. The van der Waals surface area contributed by atoms with Crippen LogP contribution in [-0.2, 0) is 5.41 Å². The molecular formula is C17H24N2O. The Morgan fingerprint density at radius 2 is 2.15 bits per heavy atom. The van der Waals surface area contributed by atoms with Crippen molar-refractivity contribution in [2.24, 2.45) is 5.92 Å². The maximum absolute atomic E-state index is 5.44. The van der Waals surface area contributed by atoms with Gasteiger partial charge in [-0.1, -0.05) is 6.92 Å². The first-order valence-electron chi connectivity index (χ1n) is 7.79. The van der Waals surface area contributed by atoms with Crippen molar-refractivity contribution in [3.63, 3.8) is 0 Å². The monoisotopic (exact) mass is 272 g/mol. The zero-order valence-electron chi connectivity index (χ0n) is 12.7. The summed E-state index contributed by atoms with van der Waals surface area (Å²) < 4.78 is 5.44. The molecule has 3 aliphatic rings. The molecule has 1 saturated carbocycles. The summed E-state index contributed by atoms with van der Waals surface area (Å²) in [4.78, 5) is 5.20. The highest BCUT2D eigenvalue weighted by Gasteiger charge is 2.53. The number of likely N-dealkylation sites (tertiary alicyclic amines) is 1. The molecule has 0 aromatic heterocycles. The molecule has 0 unspecified atom stereocenters. The van der Waals surface area contributed by atoms with Gasteiger partial charge in [0.1, 0.15) is 5.75 Å². The van der Waals surface area contributed by atoms with Gasteiger partial charge in [-0.15, -0.1) is 0 Å². The van der Waals surface area contributed by atoms with E-state index >= 15 is 0 Å². The van der Waals surface area contributed by atoms with E-state index in [1.54, 1.807) is 7.11 Å². The lowest BCUT2D eigenvalue weighted by molar-refractivity contribution is 0.215. The summed E-state index contributed by atoms with van der Waals surface area (Å²) in [6.45, 7) is 4.96. The number of benzene rings is 1. The van der Waals surface area contributed by atoms with Gasteiger partial charge in [-0.2, -0.15) is 0 Å². The van der Waals surface area contributed by atoms with Crippen molar-refractivity contribution in [3.8, 4) is 5.75 Å². The van der Waals surface area contributed by atoms with Gasteiger partial charge in [0.2, 0.25) is 0 Å². The third-order valence-corrected chi connectivity index (χ3v) is 5.59. The van der Waals surface area contributed by atoms with Crippen molar-refractivity contribution in [2.45, 2.75) is 37.8 Å². The van der Waals surface area contributed by atoms with Gasteiger partial charge in [-0.3, -0.25) is 4.90 Å². The third-order valence-electron chi connectivity index (χ3n) is 5.59. The number of hydrogen-bond acceptors (Lipinski definition) is 3. The van der Waals surface area contributed by atoms with E-state index < -0.39 is 0 Å². The smallest absolute Gasteiger partial charge is 0.119 e. The van der Waals surface area contributed by atoms with E-state index in [1.165, 1.54) is 43.6 Å². The Kier molecular flexibility index (Phi) is 2.59. The van der Waals surface area contributed by atoms with Gasteiger partial charge < -0.3 is 9.64 Å². The van der Waals surface area contributed by atoms with Crippen molar-refractivity contribution < 1.29 is 4.74 Å². The predicted octanol–water partition coefficient (Wildman–Crippen LogP) is 2.84. The zero-order chi connectivity index (χ0) is 13.9. The summed E-state index contributed by atoms with van der Waals surface area (Å²) in [7, 11) is 4.01. The first-order valence-corrected chi connectivity index (χ1v) is 7.79. The molecule has 3 heteroatoms. The van der Waals surface area contributed by atoms with Gasteiger partial charge in [-0.05, 0) is 48.9 Å². The molecule has 1 saturated heterocycles. The number of nitrogens with zero attached hydrogens (tertiary/aromatic N) is 2. The summed E-state index contributed by atoms with van der Waals surface area (Å²) in [5.74, 6) is 1.95.